The normalized spacial score (nSPS) is 24.7. The number of likely N-dealkylation sites (tertiary alicyclic amines) is 1. The van der Waals surface area contributed by atoms with Crippen LogP contribution in [0.15, 0.2) is 23.1 Å². The van der Waals surface area contributed by atoms with Gasteiger partial charge in [0, 0.05) is 50.0 Å². The number of aliphatic hydroxyl groups excluding tert-OH is 2. The van der Waals surface area contributed by atoms with Crippen LogP contribution in [0.3, 0.4) is 0 Å². The van der Waals surface area contributed by atoms with Crippen LogP contribution < -0.4 is 5.56 Å². The van der Waals surface area contributed by atoms with Gasteiger partial charge in [-0.25, -0.2) is 0 Å². The van der Waals surface area contributed by atoms with E-state index in [9.17, 15) is 19.8 Å². The summed E-state index contributed by atoms with van der Waals surface area (Å²) in [5.74, 6) is -0.257. The monoisotopic (exact) mass is 324 g/mol. The van der Waals surface area contributed by atoms with Crippen molar-refractivity contribution < 1.29 is 19.7 Å². The minimum absolute atomic E-state index is 0.197. The highest BCUT2D eigenvalue weighted by molar-refractivity contribution is 5.94. The third-order valence-electron chi connectivity index (χ3n) is 4.53. The number of ether oxygens (including phenoxy) is 1. The van der Waals surface area contributed by atoms with Gasteiger partial charge in [0.25, 0.3) is 5.91 Å². The Bertz CT molecular complexity index is 588. The van der Waals surface area contributed by atoms with E-state index in [4.69, 9.17) is 4.74 Å². The minimum atomic E-state index is -0.742. The molecule has 0 aliphatic carbocycles. The van der Waals surface area contributed by atoms with Crippen LogP contribution in [0.2, 0.25) is 0 Å². The molecule has 0 unspecified atom stereocenters. The Morgan fingerprint density at radius 1 is 1.57 bits per heavy atom. The molecule has 0 aromatic carbocycles. The van der Waals surface area contributed by atoms with E-state index in [0.717, 1.165) is 0 Å². The molecule has 3 N–H and O–H groups in total. The first-order chi connectivity index (χ1) is 11.0. The van der Waals surface area contributed by atoms with Gasteiger partial charge >= 0.3 is 0 Å². The molecular formula is C16H24N2O5. The number of aliphatic hydroxyl groups is 2. The predicted molar refractivity (Wildman–Crippen MR) is 84.2 cm³/mol. The van der Waals surface area contributed by atoms with E-state index in [2.05, 4.69) is 4.98 Å². The van der Waals surface area contributed by atoms with Gasteiger partial charge in [-0.3, -0.25) is 9.59 Å². The van der Waals surface area contributed by atoms with Crippen LogP contribution in [0.1, 0.15) is 29.6 Å². The van der Waals surface area contributed by atoms with Crippen LogP contribution in [0.5, 0.6) is 0 Å². The molecule has 0 bridgehead atoms. The van der Waals surface area contributed by atoms with Gasteiger partial charge in [-0.05, 0) is 25.3 Å². The molecule has 1 fully saturated rings. The lowest BCUT2D eigenvalue weighted by Crippen LogP contribution is -2.55. The van der Waals surface area contributed by atoms with E-state index in [0.29, 0.717) is 38.0 Å². The van der Waals surface area contributed by atoms with Crippen molar-refractivity contribution in [2.24, 2.45) is 5.41 Å². The number of nitrogens with zero attached hydrogens (tertiary/aromatic N) is 1. The van der Waals surface area contributed by atoms with Crippen molar-refractivity contribution in [2.75, 3.05) is 33.4 Å². The standard InChI is InChI=1S/C16H24N2O5/c1-23-8-2-5-16(11-19)10-18(7-4-13(16)20)15(22)12-3-6-17-14(21)9-12/h3,6,9,13,19-20H,2,4-5,7-8,10-11H2,1H3,(H,17,21)/t13-,16+/m1/s1. The quantitative estimate of drug-likeness (QED) is 0.639. The molecule has 0 saturated carbocycles. The van der Waals surface area contributed by atoms with Crippen molar-refractivity contribution in [1.82, 2.24) is 9.88 Å². The first-order valence-electron chi connectivity index (χ1n) is 7.78. The van der Waals surface area contributed by atoms with Crippen LogP contribution in [0.4, 0.5) is 0 Å². The van der Waals surface area contributed by atoms with Gasteiger partial charge in [-0.15, -0.1) is 0 Å². The Balaban J connectivity index is 2.14. The summed E-state index contributed by atoms with van der Waals surface area (Å²) in [6, 6.07) is 2.82. The molecule has 1 aliphatic heterocycles. The molecule has 1 aliphatic rings. The number of pyridine rings is 1. The first kappa shape index (κ1) is 17.7. The van der Waals surface area contributed by atoms with E-state index in [1.165, 1.54) is 12.3 Å². The zero-order valence-electron chi connectivity index (χ0n) is 13.3. The molecule has 7 heteroatoms. The highest BCUT2D eigenvalue weighted by Gasteiger charge is 2.43. The molecule has 1 aromatic heterocycles. The number of aromatic nitrogens is 1. The summed E-state index contributed by atoms with van der Waals surface area (Å²) in [5.41, 5.74) is -0.761. The largest absolute Gasteiger partial charge is 0.396 e. The van der Waals surface area contributed by atoms with Crippen LogP contribution in [-0.2, 0) is 4.74 Å². The molecule has 0 spiro atoms. The summed E-state index contributed by atoms with van der Waals surface area (Å²) in [7, 11) is 1.60. The van der Waals surface area contributed by atoms with E-state index < -0.39 is 11.5 Å². The number of nitrogens with one attached hydrogen (secondary N) is 1. The number of piperidine rings is 1. The van der Waals surface area contributed by atoms with Gasteiger partial charge in [0.1, 0.15) is 0 Å². The minimum Gasteiger partial charge on any atom is -0.396 e. The van der Waals surface area contributed by atoms with Crippen LogP contribution in [0.25, 0.3) is 0 Å². The van der Waals surface area contributed by atoms with Crippen molar-refractivity contribution in [3.63, 3.8) is 0 Å². The summed E-state index contributed by atoms with van der Waals surface area (Å²) in [5, 5.41) is 20.2. The second-order valence-electron chi connectivity index (χ2n) is 6.09. The van der Waals surface area contributed by atoms with Gasteiger partial charge in [-0.2, -0.15) is 0 Å². The van der Waals surface area contributed by atoms with Crippen LogP contribution in [0, 0.1) is 5.41 Å². The van der Waals surface area contributed by atoms with Gasteiger partial charge in [0.05, 0.1) is 12.7 Å². The summed E-state index contributed by atoms with van der Waals surface area (Å²) >= 11 is 0. The molecule has 1 amide bonds. The summed E-state index contributed by atoms with van der Waals surface area (Å²) < 4.78 is 5.03. The fourth-order valence-electron chi connectivity index (χ4n) is 3.13. The number of H-pyrrole nitrogens is 1. The number of hydrogen-bond acceptors (Lipinski definition) is 5. The fraction of sp³-hybridized carbons (Fsp3) is 0.625. The smallest absolute Gasteiger partial charge is 0.254 e. The molecule has 23 heavy (non-hydrogen) atoms. The Morgan fingerprint density at radius 3 is 3.00 bits per heavy atom. The van der Waals surface area contributed by atoms with Gasteiger partial charge < -0.3 is 24.8 Å². The number of methoxy groups -OCH3 is 1. The average molecular weight is 324 g/mol. The first-order valence-corrected chi connectivity index (χ1v) is 7.78. The Morgan fingerprint density at radius 2 is 2.35 bits per heavy atom. The van der Waals surface area contributed by atoms with Crippen LogP contribution in [-0.4, -0.2) is 65.5 Å². The van der Waals surface area contributed by atoms with Gasteiger partial charge in [0.2, 0.25) is 5.56 Å². The zero-order chi connectivity index (χ0) is 16.9. The maximum Gasteiger partial charge on any atom is 0.254 e. The van der Waals surface area contributed by atoms with E-state index >= 15 is 0 Å². The average Bonchev–Trinajstić information content (AvgIpc) is 2.56. The van der Waals surface area contributed by atoms with Crippen molar-refractivity contribution in [1.29, 1.82) is 0 Å². The maximum absolute atomic E-state index is 12.6. The van der Waals surface area contributed by atoms with Gasteiger partial charge in [-0.1, -0.05) is 0 Å². The molecule has 7 nitrogen and oxygen atoms in total. The van der Waals surface area contributed by atoms with Crippen molar-refractivity contribution >= 4 is 5.91 Å². The Labute approximate surface area is 134 Å². The molecule has 1 saturated heterocycles. The Kier molecular flexibility index (Phi) is 5.92. The highest BCUT2D eigenvalue weighted by Crippen LogP contribution is 2.35. The molecule has 128 valence electrons. The molecule has 2 heterocycles. The second-order valence-corrected chi connectivity index (χ2v) is 6.09. The zero-order valence-corrected chi connectivity index (χ0v) is 13.3. The number of rotatable bonds is 6. The number of hydrogen-bond donors (Lipinski definition) is 3. The van der Waals surface area contributed by atoms with Gasteiger partial charge in [0.15, 0.2) is 0 Å². The summed E-state index contributed by atoms with van der Waals surface area (Å²) in [6.07, 6.45) is 2.45. The van der Waals surface area contributed by atoms with E-state index in [1.54, 1.807) is 18.1 Å². The lowest BCUT2D eigenvalue weighted by molar-refractivity contribution is -0.0745. The molecule has 2 atom stereocenters. The Hall–Kier alpha value is -1.70. The second kappa shape index (κ2) is 7.72. The maximum atomic E-state index is 12.6. The lowest BCUT2D eigenvalue weighted by atomic mass is 9.74. The van der Waals surface area contributed by atoms with Crippen molar-refractivity contribution in [3.8, 4) is 0 Å². The van der Waals surface area contributed by atoms with E-state index in [-0.39, 0.29) is 24.6 Å². The molecule has 2 rings (SSSR count). The third-order valence-corrected chi connectivity index (χ3v) is 4.53. The topological polar surface area (TPSA) is 103 Å². The van der Waals surface area contributed by atoms with Crippen molar-refractivity contribution in [2.45, 2.75) is 25.4 Å². The number of aromatic amines is 1. The fourth-order valence-corrected chi connectivity index (χ4v) is 3.13. The van der Waals surface area contributed by atoms with Crippen molar-refractivity contribution in [3.05, 3.63) is 34.2 Å². The molecular weight excluding hydrogens is 300 g/mol. The van der Waals surface area contributed by atoms with Crippen LogP contribution >= 0.6 is 0 Å². The SMILES string of the molecule is COCCC[C@@]1(CO)CN(C(=O)c2cc[nH]c(=O)c2)CC[C@H]1O. The number of carbonyl (C=O) groups excluding carboxylic acids is 1. The highest BCUT2D eigenvalue weighted by atomic mass is 16.5. The third kappa shape index (κ3) is 3.99. The molecule has 1 aromatic rings. The summed E-state index contributed by atoms with van der Waals surface area (Å²) in [4.78, 5) is 28.0. The lowest BCUT2D eigenvalue weighted by Gasteiger charge is -2.45. The summed E-state index contributed by atoms with van der Waals surface area (Å²) in [6.45, 7) is 1.01. The predicted octanol–water partition coefficient (Wildman–Crippen LogP) is -0.0130. The van der Waals surface area contributed by atoms with E-state index in [1.807, 2.05) is 0 Å². The number of amides is 1. The number of carbonyl (C=O) groups is 1. The molecule has 0 radical (unpaired) electrons.